The average molecular weight is 217 g/mol. The van der Waals surface area contributed by atoms with E-state index in [0.29, 0.717) is 11.8 Å². The molecule has 2 rings (SSSR count). The molecule has 0 amide bonds. The summed E-state index contributed by atoms with van der Waals surface area (Å²) in [4.78, 5) is 0. The zero-order valence-electron chi connectivity index (χ0n) is 8.48. The van der Waals surface area contributed by atoms with Gasteiger partial charge in [0.15, 0.2) is 6.29 Å². The van der Waals surface area contributed by atoms with E-state index in [4.69, 9.17) is 15.2 Å². The number of hydrogen-bond donors (Lipinski definition) is 1. The van der Waals surface area contributed by atoms with E-state index in [1.54, 1.807) is 0 Å². The highest BCUT2D eigenvalue weighted by Crippen LogP contribution is 2.32. The lowest BCUT2D eigenvalue weighted by molar-refractivity contribution is -0.0596. The predicted octanol–water partition coefficient (Wildman–Crippen LogP) is 1.36. The molecule has 0 spiro atoms. The number of thioether (sulfide) groups is 1. The molecule has 0 aliphatic carbocycles. The van der Waals surface area contributed by atoms with Crippen LogP contribution in [-0.4, -0.2) is 36.5 Å². The van der Waals surface area contributed by atoms with E-state index in [2.05, 4.69) is 0 Å². The molecule has 2 aliphatic heterocycles. The molecule has 0 radical (unpaired) electrons. The number of rotatable bonds is 3. The van der Waals surface area contributed by atoms with E-state index >= 15 is 0 Å². The predicted molar refractivity (Wildman–Crippen MR) is 58.4 cm³/mol. The van der Waals surface area contributed by atoms with Crippen LogP contribution in [-0.2, 0) is 9.47 Å². The van der Waals surface area contributed by atoms with E-state index in [1.807, 2.05) is 11.8 Å². The Labute approximate surface area is 89.7 Å². The van der Waals surface area contributed by atoms with Crippen LogP contribution in [0.1, 0.15) is 25.7 Å². The van der Waals surface area contributed by atoms with Gasteiger partial charge in [0.2, 0.25) is 0 Å². The first kappa shape index (κ1) is 10.7. The smallest absolute Gasteiger partial charge is 0.169 e. The Bertz CT molecular complexity index is 174. The van der Waals surface area contributed by atoms with Gasteiger partial charge in [-0.1, -0.05) is 6.42 Å². The molecule has 0 aromatic carbocycles. The monoisotopic (exact) mass is 217 g/mol. The summed E-state index contributed by atoms with van der Waals surface area (Å²) in [5.74, 6) is 1.26. The highest BCUT2D eigenvalue weighted by atomic mass is 32.2. The summed E-state index contributed by atoms with van der Waals surface area (Å²) in [5.41, 5.74) is 5.49. The zero-order chi connectivity index (χ0) is 9.80. The Morgan fingerprint density at radius 2 is 2.29 bits per heavy atom. The molecule has 0 saturated carbocycles. The van der Waals surface area contributed by atoms with E-state index in [1.165, 1.54) is 25.0 Å². The Kier molecular flexibility index (Phi) is 4.10. The van der Waals surface area contributed by atoms with Crippen molar-refractivity contribution in [1.82, 2.24) is 0 Å². The first-order valence-corrected chi connectivity index (χ1v) is 6.54. The minimum Gasteiger partial charge on any atom is -0.349 e. The van der Waals surface area contributed by atoms with Crippen molar-refractivity contribution >= 4 is 11.8 Å². The van der Waals surface area contributed by atoms with Gasteiger partial charge in [-0.3, -0.25) is 0 Å². The molecule has 3 unspecified atom stereocenters. The fourth-order valence-corrected chi connectivity index (χ4v) is 3.29. The van der Waals surface area contributed by atoms with Crippen LogP contribution < -0.4 is 5.73 Å². The molecule has 14 heavy (non-hydrogen) atoms. The molecule has 0 aromatic rings. The third-order valence-corrected chi connectivity index (χ3v) is 4.19. The largest absolute Gasteiger partial charge is 0.349 e. The maximum absolute atomic E-state index is 5.82. The summed E-state index contributed by atoms with van der Waals surface area (Å²) in [6, 6.07) is 0. The second kappa shape index (κ2) is 5.35. The van der Waals surface area contributed by atoms with Crippen LogP contribution in [0.3, 0.4) is 0 Å². The molecule has 2 N–H and O–H groups in total. The molecular weight excluding hydrogens is 198 g/mol. The number of nitrogens with two attached hydrogens (primary N) is 1. The Balaban J connectivity index is 1.76. The Morgan fingerprint density at radius 1 is 1.36 bits per heavy atom. The van der Waals surface area contributed by atoms with Gasteiger partial charge in [0, 0.05) is 0 Å². The van der Waals surface area contributed by atoms with Gasteiger partial charge in [-0.2, -0.15) is 11.8 Å². The van der Waals surface area contributed by atoms with Crippen molar-refractivity contribution < 1.29 is 9.47 Å². The first-order valence-electron chi connectivity index (χ1n) is 5.49. The van der Waals surface area contributed by atoms with E-state index in [9.17, 15) is 0 Å². The van der Waals surface area contributed by atoms with Crippen LogP contribution in [0.15, 0.2) is 0 Å². The van der Waals surface area contributed by atoms with Gasteiger partial charge in [-0.25, -0.2) is 0 Å². The van der Waals surface area contributed by atoms with Gasteiger partial charge in [-0.15, -0.1) is 0 Å². The summed E-state index contributed by atoms with van der Waals surface area (Å²) in [7, 11) is 0. The lowest BCUT2D eigenvalue weighted by atomic mass is 10.2. The third kappa shape index (κ3) is 2.63. The van der Waals surface area contributed by atoms with Gasteiger partial charge in [0.25, 0.3) is 0 Å². The fourth-order valence-electron chi connectivity index (χ4n) is 1.98. The number of ether oxygens (including phenoxy) is 2. The molecule has 0 aromatic heterocycles. The van der Waals surface area contributed by atoms with Crippen LogP contribution in [0.25, 0.3) is 0 Å². The normalized spacial score (nSPS) is 38.8. The third-order valence-electron chi connectivity index (χ3n) is 2.78. The zero-order valence-corrected chi connectivity index (χ0v) is 9.30. The van der Waals surface area contributed by atoms with Gasteiger partial charge in [0.1, 0.15) is 0 Å². The van der Waals surface area contributed by atoms with E-state index in [0.717, 1.165) is 13.0 Å². The lowest BCUT2D eigenvalue weighted by Gasteiger charge is -2.25. The second-order valence-corrected chi connectivity index (χ2v) is 5.29. The highest BCUT2D eigenvalue weighted by molar-refractivity contribution is 8.00. The summed E-state index contributed by atoms with van der Waals surface area (Å²) in [6.45, 7) is 1.43. The summed E-state index contributed by atoms with van der Waals surface area (Å²) < 4.78 is 11.5. The average Bonchev–Trinajstić information content (AvgIpc) is 2.68. The molecule has 0 bridgehead atoms. The van der Waals surface area contributed by atoms with Crippen LogP contribution >= 0.6 is 11.8 Å². The summed E-state index contributed by atoms with van der Waals surface area (Å²) >= 11 is 2.00. The molecule has 3 atom stereocenters. The lowest BCUT2D eigenvalue weighted by Crippen LogP contribution is -2.27. The minimum absolute atomic E-state index is 0.0387. The van der Waals surface area contributed by atoms with Gasteiger partial charge in [0.05, 0.1) is 18.0 Å². The Hall–Kier alpha value is 0.230. The SMILES string of the molecule is NCCC1COC(C2CCCCS2)O1. The molecule has 2 fully saturated rings. The molecule has 3 nitrogen and oxygen atoms in total. The van der Waals surface area contributed by atoms with Crippen molar-refractivity contribution in [3.05, 3.63) is 0 Å². The minimum atomic E-state index is 0.0387. The van der Waals surface area contributed by atoms with Crippen LogP contribution in [0.5, 0.6) is 0 Å². The molecule has 2 heterocycles. The van der Waals surface area contributed by atoms with Crippen molar-refractivity contribution in [2.75, 3.05) is 18.9 Å². The summed E-state index contributed by atoms with van der Waals surface area (Å²) in [6.07, 6.45) is 5.12. The second-order valence-electron chi connectivity index (χ2n) is 3.94. The topological polar surface area (TPSA) is 44.5 Å². The van der Waals surface area contributed by atoms with Crippen molar-refractivity contribution in [3.63, 3.8) is 0 Å². The molecule has 4 heteroatoms. The van der Waals surface area contributed by atoms with Crippen molar-refractivity contribution in [1.29, 1.82) is 0 Å². The number of hydrogen-bond acceptors (Lipinski definition) is 4. The van der Waals surface area contributed by atoms with Crippen molar-refractivity contribution in [2.24, 2.45) is 5.73 Å². The molecular formula is C10H19NO2S. The van der Waals surface area contributed by atoms with Crippen LogP contribution in [0.2, 0.25) is 0 Å². The highest BCUT2D eigenvalue weighted by Gasteiger charge is 2.33. The van der Waals surface area contributed by atoms with Crippen LogP contribution in [0.4, 0.5) is 0 Å². The Morgan fingerprint density at radius 3 is 3.00 bits per heavy atom. The van der Waals surface area contributed by atoms with Gasteiger partial charge < -0.3 is 15.2 Å². The van der Waals surface area contributed by atoms with Gasteiger partial charge in [-0.05, 0) is 31.6 Å². The van der Waals surface area contributed by atoms with E-state index < -0.39 is 0 Å². The molecule has 2 aliphatic rings. The fraction of sp³-hybridized carbons (Fsp3) is 1.00. The van der Waals surface area contributed by atoms with Crippen molar-refractivity contribution in [2.45, 2.75) is 43.3 Å². The van der Waals surface area contributed by atoms with Gasteiger partial charge >= 0.3 is 0 Å². The quantitative estimate of drug-likeness (QED) is 0.775. The summed E-state index contributed by atoms with van der Waals surface area (Å²) in [5, 5.41) is 0.562. The van der Waals surface area contributed by atoms with E-state index in [-0.39, 0.29) is 12.4 Å². The molecule has 82 valence electrons. The molecule has 2 saturated heterocycles. The first-order chi connectivity index (χ1) is 6.90. The maximum Gasteiger partial charge on any atom is 0.169 e. The standard InChI is InChI=1S/C10H19NO2S/c11-5-4-8-7-12-10(13-8)9-3-1-2-6-14-9/h8-10H,1-7,11H2. The maximum atomic E-state index is 5.82. The van der Waals surface area contributed by atoms with Crippen LogP contribution in [0, 0.1) is 0 Å². The van der Waals surface area contributed by atoms with Crippen molar-refractivity contribution in [3.8, 4) is 0 Å².